The monoisotopic (exact) mass is 464 g/mol. The van der Waals surface area contributed by atoms with Crippen LogP contribution in [0, 0.1) is 0 Å². The molecule has 1 atom stereocenters. The first kappa shape index (κ1) is 23.8. The molecule has 0 aliphatic rings. The van der Waals surface area contributed by atoms with Crippen LogP contribution in [0.3, 0.4) is 0 Å². The van der Waals surface area contributed by atoms with Gasteiger partial charge in [-0.25, -0.2) is 0 Å². The lowest BCUT2D eigenvalue weighted by Crippen LogP contribution is -2.42. The molecule has 2 aromatic carbocycles. The standard InChI is InChI=1S/C29H28N4O2/c1-2-7-25(33-27(35)17-15-24-11-4-9-22-13-6-19-31-29(22)24)20-32-26(34)16-14-23-10-3-8-21-12-5-18-30-28(21)23/h3-6,8-19,25H,2,7,20H2,1H3,(H,32,34)(H,33,35)/b16-14-,17-15-/t25-/m1/s1. The van der Waals surface area contributed by atoms with Gasteiger partial charge in [-0.05, 0) is 30.7 Å². The van der Waals surface area contributed by atoms with Crippen LogP contribution in [0.1, 0.15) is 30.9 Å². The van der Waals surface area contributed by atoms with E-state index in [-0.39, 0.29) is 17.9 Å². The van der Waals surface area contributed by atoms with Crippen LogP contribution >= 0.6 is 0 Å². The second kappa shape index (κ2) is 11.7. The lowest BCUT2D eigenvalue weighted by Gasteiger charge is -2.17. The maximum atomic E-state index is 12.6. The van der Waals surface area contributed by atoms with E-state index in [1.54, 1.807) is 24.5 Å². The Morgan fingerprint density at radius 3 is 1.91 bits per heavy atom. The molecule has 0 spiro atoms. The second-order valence-corrected chi connectivity index (χ2v) is 8.25. The van der Waals surface area contributed by atoms with Crippen molar-refractivity contribution < 1.29 is 9.59 Å². The summed E-state index contributed by atoms with van der Waals surface area (Å²) in [5.41, 5.74) is 3.46. The van der Waals surface area contributed by atoms with E-state index >= 15 is 0 Å². The van der Waals surface area contributed by atoms with Crippen LogP contribution in [0.4, 0.5) is 0 Å². The van der Waals surface area contributed by atoms with E-state index in [0.29, 0.717) is 6.54 Å². The summed E-state index contributed by atoms with van der Waals surface area (Å²) in [6, 6.07) is 19.3. The Morgan fingerprint density at radius 2 is 1.34 bits per heavy atom. The van der Waals surface area contributed by atoms with Gasteiger partial charge >= 0.3 is 0 Å². The largest absolute Gasteiger partial charge is 0.350 e. The molecule has 0 unspecified atom stereocenters. The first-order chi connectivity index (χ1) is 17.1. The van der Waals surface area contributed by atoms with Crippen LogP contribution in [0.15, 0.2) is 85.2 Å². The number of fused-ring (bicyclic) bond motifs is 2. The molecule has 0 radical (unpaired) electrons. The Morgan fingerprint density at radius 1 is 0.800 bits per heavy atom. The molecule has 6 nitrogen and oxygen atoms in total. The fourth-order valence-electron chi connectivity index (χ4n) is 3.96. The average Bonchev–Trinajstić information content (AvgIpc) is 2.89. The molecule has 2 aromatic heterocycles. The summed E-state index contributed by atoms with van der Waals surface area (Å²) in [5.74, 6) is -0.423. The molecule has 2 N–H and O–H groups in total. The first-order valence-electron chi connectivity index (χ1n) is 11.8. The van der Waals surface area contributed by atoms with E-state index in [4.69, 9.17) is 0 Å². The second-order valence-electron chi connectivity index (χ2n) is 8.25. The molecule has 2 heterocycles. The Hall–Kier alpha value is -4.32. The van der Waals surface area contributed by atoms with E-state index in [2.05, 4.69) is 20.6 Å². The van der Waals surface area contributed by atoms with E-state index < -0.39 is 0 Å². The van der Waals surface area contributed by atoms with E-state index in [1.807, 2.05) is 67.6 Å². The lowest BCUT2D eigenvalue weighted by molar-refractivity contribution is -0.119. The molecule has 6 heteroatoms. The maximum absolute atomic E-state index is 12.6. The van der Waals surface area contributed by atoms with Crippen molar-refractivity contribution in [3.63, 3.8) is 0 Å². The zero-order valence-corrected chi connectivity index (χ0v) is 19.6. The van der Waals surface area contributed by atoms with Crippen LogP contribution in [0.25, 0.3) is 34.0 Å². The fourth-order valence-corrected chi connectivity index (χ4v) is 3.96. The molecule has 0 saturated heterocycles. The van der Waals surface area contributed by atoms with Gasteiger partial charge in [0.15, 0.2) is 0 Å². The number of hydrogen-bond acceptors (Lipinski definition) is 4. The maximum Gasteiger partial charge on any atom is 0.244 e. The summed E-state index contributed by atoms with van der Waals surface area (Å²) in [6.45, 7) is 2.40. The van der Waals surface area contributed by atoms with Crippen molar-refractivity contribution >= 4 is 45.8 Å². The molecule has 4 aromatic rings. The van der Waals surface area contributed by atoms with Gasteiger partial charge in [0.2, 0.25) is 11.8 Å². The van der Waals surface area contributed by atoms with Crippen LogP contribution in [-0.2, 0) is 9.59 Å². The third-order valence-corrected chi connectivity index (χ3v) is 5.66. The summed E-state index contributed by atoms with van der Waals surface area (Å²) in [4.78, 5) is 33.8. The summed E-state index contributed by atoms with van der Waals surface area (Å²) in [6.07, 6.45) is 11.7. The number of carbonyl (C=O) groups excluding carboxylic acids is 2. The van der Waals surface area contributed by atoms with Crippen molar-refractivity contribution in [2.24, 2.45) is 0 Å². The number of rotatable bonds is 9. The molecular weight excluding hydrogens is 436 g/mol. The number of pyridine rings is 2. The summed E-state index contributed by atoms with van der Waals surface area (Å²) in [5, 5.41) is 7.93. The molecule has 176 valence electrons. The number of nitrogens with one attached hydrogen (secondary N) is 2. The Labute approximate surface area is 204 Å². The molecule has 4 rings (SSSR count). The molecule has 35 heavy (non-hydrogen) atoms. The highest BCUT2D eigenvalue weighted by molar-refractivity contribution is 5.96. The van der Waals surface area contributed by atoms with Crippen LogP contribution in [-0.4, -0.2) is 34.4 Å². The van der Waals surface area contributed by atoms with E-state index in [9.17, 15) is 9.59 Å². The number of carbonyl (C=O) groups is 2. The zero-order chi connectivity index (χ0) is 24.5. The van der Waals surface area contributed by atoms with Gasteiger partial charge in [-0.15, -0.1) is 0 Å². The number of amides is 2. The number of para-hydroxylation sites is 2. The van der Waals surface area contributed by atoms with Crippen molar-refractivity contribution in [3.05, 3.63) is 96.3 Å². The SMILES string of the molecule is CCC[C@H](CNC(=O)/C=C\c1cccc2cccnc12)NC(=O)/C=C\c1cccc2cccnc12. The molecular formula is C29H28N4O2. The molecule has 2 amide bonds. The number of hydrogen-bond donors (Lipinski definition) is 2. The van der Waals surface area contributed by atoms with Gasteiger partial charge < -0.3 is 10.6 Å². The normalized spacial score (nSPS) is 12.4. The number of aromatic nitrogens is 2. The highest BCUT2D eigenvalue weighted by Gasteiger charge is 2.11. The van der Waals surface area contributed by atoms with Crippen molar-refractivity contribution in [2.45, 2.75) is 25.8 Å². The van der Waals surface area contributed by atoms with Gasteiger partial charge in [0.05, 0.1) is 11.0 Å². The first-order valence-corrected chi connectivity index (χ1v) is 11.8. The lowest BCUT2D eigenvalue weighted by atomic mass is 10.1. The highest BCUT2D eigenvalue weighted by atomic mass is 16.2. The van der Waals surface area contributed by atoms with Crippen molar-refractivity contribution in [1.29, 1.82) is 0 Å². The van der Waals surface area contributed by atoms with Crippen molar-refractivity contribution in [2.75, 3.05) is 6.54 Å². The minimum atomic E-state index is -0.217. The van der Waals surface area contributed by atoms with Crippen LogP contribution in [0.2, 0.25) is 0 Å². The fraction of sp³-hybridized carbons (Fsp3) is 0.172. The van der Waals surface area contributed by atoms with E-state index in [0.717, 1.165) is 45.8 Å². The van der Waals surface area contributed by atoms with Gasteiger partial charge in [-0.2, -0.15) is 0 Å². The topological polar surface area (TPSA) is 84.0 Å². The quantitative estimate of drug-likeness (QED) is 0.345. The van der Waals surface area contributed by atoms with Gasteiger partial charge in [0, 0.05) is 59.0 Å². The Balaban J connectivity index is 1.34. The average molecular weight is 465 g/mol. The predicted octanol–water partition coefficient (Wildman–Crippen LogP) is 4.91. The Kier molecular flexibility index (Phi) is 7.96. The van der Waals surface area contributed by atoms with E-state index in [1.165, 1.54) is 12.2 Å². The van der Waals surface area contributed by atoms with Crippen molar-refractivity contribution in [3.8, 4) is 0 Å². The molecule has 0 aliphatic carbocycles. The highest BCUT2D eigenvalue weighted by Crippen LogP contribution is 2.18. The third-order valence-electron chi connectivity index (χ3n) is 5.66. The van der Waals surface area contributed by atoms with Crippen LogP contribution < -0.4 is 10.6 Å². The number of nitrogens with zero attached hydrogens (tertiary/aromatic N) is 2. The molecule has 0 bridgehead atoms. The van der Waals surface area contributed by atoms with Gasteiger partial charge in [-0.3, -0.25) is 19.6 Å². The summed E-state index contributed by atoms with van der Waals surface area (Å²) >= 11 is 0. The summed E-state index contributed by atoms with van der Waals surface area (Å²) in [7, 11) is 0. The van der Waals surface area contributed by atoms with Gasteiger partial charge in [-0.1, -0.05) is 61.9 Å². The molecule has 0 saturated carbocycles. The predicted molar refractivity (Wildman–Crippen MR) is 141 cm³/mol. The minimum absolute atomic E-state index is 0.167. The van der Waals surface area contributed by atoms with Gasteiger partial charge in [0.1, 0.15) is 0 Å². The zero-order valence-electron chi connectivity index (χ0n) is 19.6. The summed E-state index contributed by atoms with van der Waals surface area (Å²) < 4.78 is 0. The smallest absolute Gasteiger partial charge is 0.244 e. The Bertz CT molecular complexity index is 1380. The third kappa shape index (κ3) is 6.38. The molecule has 0 fully saturated rings. The van der Waals surface area contributed by atoms with Crippen LogP contribution in [0.5, 0.6) is 0 Å². The van der Waals surface area contributed by atoms with Gasteiger partial charge in [0.25, 0.3) is 0 Å². The molecule has 0 aliphatic heterocycles. The minimum Gasteiger partial charge on any atom is -0.350 e. The van der Waals surface area contributed by atoms with Crippen molar-refractivity contribution in [1.82, 2.24) is 20.6 Å². The number of benzene rings is 2.